The third-order valence-electron chi connectivity index (χ3n) is 3.39. The Kier molecular flexibility index (Phi) is 7.80. The highest BCUT2D eigenvalue weighted by atomic mass is 32.2. The number of rotatable bonds is 10. The fraction of sp³-hybridized carbons (Fsp3) is 0.600. The first kappa shape index (κ1) is 17.1. The maximum Gasteiger partial charge on any atom is 0.240 e. The van der Waals surface area contributed by atoms with Crippen molar-refractivity contribution in [2.45, 2.75) is 38.0 Å². The van der Waals surface area contributed by atoms with E-state index in [2.05, 4.69) is 23.5 Å². The third-order valence-corrected chi connectivity index (χ3v) is 4.87. The quantitative estimate of drug-likeness (QED) is 0.675. The van der Waals surface area contributed by atoms with Gasteiger partial charge in [-0.05, 0) is 44.6 Å². The van der Waals surface area contributed by atoms with Gasteiger partial charge in [0.15, 0.2) is 0 Å². The Balaban J connectivity index is 2.21. The van der Waals surface area contributed by atoms with Crippen LogP contribution in [0.25, 0.3) is 0 Å². The van der Waals surface area contributed by atoms with E-state index < -0.39 is 10.0 Å². The van der Waals surface area contributed by atoms with Crippen molar-refractivity contribution >= 4 is 10.0 Å². The molecule has 0 heterocycles. The van der Waals surface area contributed by atoms with Crippen LogP contribution >= 0.6 is 0 Å². The van der Waals surface area contributed by atoms with Gasteiger partial charge in [-0.2, -0.15) is 0 Å². The standard InChI is InChI=1S/C15H26N2O2S/c1-3-17(4-2)14-10-6-9-13-16-20(18,19)15-11-7-5-8-12-15/h5,7-8,11-12,16H,3-4,6,9-10,13-14H2,1-2H3. The Morgan fingerprint density at radius 3 is 2.25 bits per heavy atom. The fourth-order valence-corrected chi connectivity index (χ4v) is 3.16. The second kappa shape index (κ2) is 9.10. The number of sulfonamides is 1. The highest BCUT2D eigenvalue weighted by Gasteiger charge is 2.11. The lowest BCUT2D eigenvalue weighted by molar-refractivity contribution is 0.296. The van der Waals surface area contributed by atoms with Gasteiger partial charge in [-0.15, -0.1) is 0 Å². The molecule has 0 aromatic heterocycles. The summed E-state index contributed by atoms with van der Waals surface area (Å²) in [5, 5.41) is 0. The van der Waals surface area contributed by atoms with Crippen molar-refractivity contribution in [1.82, 2.24) is 9.62 Å². The van der Waals surface area contributed by atoms with Crippen molar-refractivity contribution < 1.29 is 8.42 Å². The third kappa shape index (κ3) is 6.03. The molecule has 0 aliphatic rings. The van der Waals surface area contributed by atoms with Crippen molar-refractivity contribution in [2.75, 3.05) is 26.2 Å². The Hall–Kier alpha value is -0.910. The predicted molar refractivity (Wildman–Crippen MR) is 83.3 cm³/mol. The van der Waals surface area contributed by atoms with Crippen molar-refractivity contribution in [2.24, 2.45) is 0 Å². The summed E-state index contributed by atoms with van der Waals surface area (Å²) in [6.45, 7) is 8.09. The Morgan fingerprint density at radius 1 is 1.00 bits per heavy atom. The molecule has 0 amide bonds. The number of unbranched alkanes of at least 4 members (excludes halogenated alkanes) is 2. The van der Waals surface area contributed by atoms with Crippen LogP contribution in [0.5, 0.6) is 0 Å². The van der Waals surface area contributed by atoms with E-state index >= 15 is 0 Å². The highest BCUT2D eigenvalue weighted by Crippen LogP contribution is 2.07. The summed E-state index contributed by atoms with van der Waals surface area (Å²) in [5.74, 6) is 0. The minimum absolute atomic E-state index is 0.336. The Morgan fingerprint density at radius 2 is 1.65 bits per heavy atom. The van der Waals surface area contributed by atoms with Crippen LogP contribution in [-0.2, 0) is 10.0 Å². The second-order valence-corrected chi connectivity index (χ2v) is 6.57. The van der Waals surface area contributed by atoms with E-state index in [1.165, 1.54) is 0 Å². The van der Waals surface area contributed by atoms with Crippen LogP contribution in [0.4, 0.5) is 0 Å². The lowest BCUT2D eigenvalue weighted by Crippen LogP contribution is -2.26. The minimum Gasteiger partial charge on any atom is -0.304 e. The van der Waals surface area contributed by atoms with Crippen LogP contribution in [0.1, 0.15) is 33.1 Å². The number of benzene rings is 1. The van der Waals surface area contributed by atoms with Gasteiger partial charge in [0.25, 0.3) is 0 Å². The molecule has 0 aliphatic heterocycles. The minimum atomic E-state index is -3.33. The predicted octanol–water partition coefficient (Wildman–Crippen LogP) is 2.48. The number of nitrogens with one attached hydrogen (secondary N) is 1. The smallest absolute Gasteiger partial charge is 0.240 e. The number of hydrogen-bond acceptors (Lipinski definition) is 3. The van der Waals surface area contributed by atoms with E-state index in [0.29, 0.717) is 11.4 Å². The molecule has 5 heteroatoms. The van der Waals surface area contributed by atoms with Crippen molar-refractivity contribution in [3.8, 4) is 0 Å². The summed E-state index contributed by atoms with van der Waals surface area (Å²) in [5.41, 5.74) is 0. The maximum atomic E-state index is 11.9. The second-order valence-electron chi connectivity index (χ2n) is 4.80. The summed E-state index contributed by atoms with van der Waals surface area (Å²) in [6.07, 6.45) is 3.05. The molecule has 114 valence electrons. The molecule has 0 bridgehead atoms. The molecule has 1 aromatic rings. The first-order valence-electron chi connectivity index (χ1n) is 7.37. The van der Waals surface area contributed by atoms with Gasteiger partial charge in [-0.25, -0.2) is 13.1 Å². The average molecular weight is 298 g/mol. The Labute approximate surface area is 123 Å². The summed E-state index contributed by atoms with van der Waals surface area (Å²) in [6, 6.07) is 8.51. The van der Waals surface area contributed by atoms with E-state index in [1.807, 2.05) is 6.07 Å². The van der Waals surface area contributed by atoms with Gasteiger partial charge in [0.05, 0.1) is 4.90 Å². The van der Waals surface area contributed by atoms with Crippen LogP contribution in [0.3, 0.4) is 0 Å². The Bertz CT molecular complexity index is 456. The monoisotopic (exact) mass is 298 g/mol. The zero-order valence-electron chi connectivity index (χ0n) is 12.5. The summed E-state index contributed by atoms with van der Waals surface area (Å²) in [7, 11) is -3.33. The highest BCUT2D eigenvalue weighted by molar-refractivity contribution is 7.89. The van der Waals surface area contributed by atoms with Gasteiger partial charge in [-0.3, -0.25) is 0 Å². The molecule has 1 N–H and O–H groups in total. The molecular formula is C15H26N2O2S. The first-order chi connectivity index (χ1) is 9.60. The molecule has 20 heavy (non-hydrogen) atoms. The van der Waals surface area contributed by atoms with E-state index in [9.17, 15) is 8.42 Å². The summed E-state index contributed by atoms with van der Waals surface area (Å²) in [4.78, 5) is 2.72. The molecule has 0 spiro atoms. The molecule has 1 rings (SSSR count). The normalized spacial score (nSPS) is 11.9. The fourth-order valence-electron chi connectivity index (χ4n) is 2.07. The van der Waals surface area contributed by atoms with E-state index in [4.69, 9.17) is 0 Å². The lowest BCUT2D eigenvalue weighted by atomic mass is 10.2. The van der Waals surface area contributed by atoms with Gasteiger partial charge in [-0.1, -0.05) is 38.5 Å². The molecule has 4 nitrogen and oxygen atoms in total. The topological polar surface area (TPSA) is 49.4 Å². The van der Waals surface area contributed by atoms with Crippen LogP contribution in [0, 0.1) is 0 Å². The largest absolute Gasteiger partial charge is 0.304 e. The molecular weight excluding hydrogens is 272 g/mol. The van der Waals surface area contributed by atoms with Gasteiger partial charge in [0.1, 0.15) is 0 Å². The summed E-state index contributed by atoms with van der Waals surface area (Å²) >= 11 is 0. The molecule has 0 radical (unpaired) electrons. The van der Waals surface area contributed by atoms with Gasteiger partial charge in [0, 0.05) is 6.54 Å². The maximum absolute atomic E-state index is 11.9. The summed E-state index contributed by atoms with van der Waals surface area (Å²) < 4.78 is 26.5. The van der Waals surface area contributed by atoms with E-state index in [0.717, 1.165) is 38.9 Å². The molecule has 0 aliphatic carbocycles. The van der Waals surface area contributed by atoms with E-state index in [1.54, 1.807) is 24.3 Å². The van der Waals surface area contributed by atoms with Crippen molar-refractivity contribution in [3.63, 3.8) is 0 Å². The number of hydrogen-bond donors (Lipinski definition) is 1. The van der Waals surface area contributed by atoms with E-state index in [-0.39, 0.29) is 0 Å². The molecule has 0 fully saturated rings. The lowest BCUT2D eigenvalue weighted by Gasteiger charge is -2.17. The zero-order chi connectivity index (χ0) is 14.8. The van der Waals surface area contributed by atoms with Crippen LogP contribution in [0.2, 0.25) is 0 Å². The van der Waals surface area contributed by atoms with Crippen LogP contribution in [0.15, 0.2) is 35.2 Å². The van der Waals surface area contributed by atoms with Crippen molar-refractivity contribution in [1.29, 1.82) is 0 Å². The molecule has 0 unspecified atom stereocenters. The van der Waals surface area contributed by atoms with Gasteiger partial charge >= 0.3 is 0 Å². The first-order valence-corrected chi connectivity index (χ1v) is 8.85. The molecule has 0 atom stereocenters. The molecule has 1 aromatic carbocycles. The van der Waals surface area contributed by atoms with Crippen LogP contribution < -0.4 is 4.72 Å². The number of nitrogens with zero attached hydrogens (tertiary/aromatic N) is 1. The van der Waals surface area contributed by atoms with Crippen molar-refractivity contribution in [3.05, 3.63) is 30.3 Å². The van der Waals surface area contributed by atoms with Gasteiger partial charge < -0.3 is 4.90 Å². The molecule has 0 saturated carbocycles. The van der Waals surface area contributed by atoms with Crippen LogP contribution in [-0.4, -0.2) is 39.5 Å². The average Bonchev–Trinajstić information content (AvgIpc) is 2.47. The SMILES string of the molecule is CCN(CC)CCCCCNS(=O)(=O)c1ccccc1. The zero-order valence-corrected chi connectivity index (χ0v) is 13.3. The van der Waals surface area contributed by atoms with Gasteiger partial charge in [0.2, 0.25) is 10.0 Å². The molecule has 0 saturated heterocycles.